The Morgan fingerprint density at radius 1 is 0.600 bits per heavy atom. The molecule has 0 bridgehead atoms. The van der Waals surface area contributed by atoms with E-state index in [9.17, 15) is 57.8 Å². The number of nitrogens with one attached hydrogen (secondary N) is 6. The van der Waals surface area contributed by atoms with Gasteiger partial charge < -0.3 is 56.1 Å². The molecule has 1 saturated heterocycles. The number of hydrogen-bond donors (Lipinski definition) is 7. The van der Waals surface area contributed by atoms with Gasteiger partial charge in [0.1, 0.15) is 41.4 Å². The highest BCUT2D eigenvalue weighted by Gasteiger charge is 2.42. The van der Waals surface area contributed by atoms with Crippen molar-refractivity contribution in [2.24, 2.45) is 11.8 Å². The number of nitrogens with zero attached hydrogens (tertiary/aromatic N) is 1. The molecule has 7 unspecified atom stereocenters. The van der Waals surface area contributed by atoms with Gasteiger partial charge in [0.05, 0.1) is 18.2 Å². The van der Waals surface area contributed by atoms with E-state index in [1.165, 1.54) is 11.8 Å². The lowest BCUT2D eigenvalue weighted by molar-refractivity contribution is -0.156. The molecule has 1 aliphatic heterocycles. The Hall–Kier alpha value is -5.67. The monoisotopic (exact) mass is 996 g/mol. The lowest BCUT2D eigenvalue weighted by Gasteiger charge is -2.33. The number of aliphatic carboxylic acids is 1. The SMILES string of the molecule is CCCC(NC(=O)C1CCCN1C(=O)C(NC(=O)C(NC(=O)C(CCC(=O)OC(C)(C)C)NC(=O)C(CCC(=O)OC(C)(C)C)NC(C)=O)C(C)C)C(C)C)C(=O)C(=O)NC(COC(C)(C)C)C(=O)O. The minimum absolute atomic E-state index is 0.0252. The highest BCUT2D eigenvalue weighted by molar-refractivity contribution is 6.38. The van der Waals surface area contributed by atoms with Crippen LogP contribution in [-0.2, 0) is 67.0 Å². The molecule has 0 aromatic heterocycles. The predicted octanol–water partition coefficient (Wildman–Crippen LogP) is 1.73. The van der Waals surface area contributed by atoms with Crippen LogP contribution in [0.3, 0.4) is 0 Å². The zero-order chi connectivity index (χ0) is 54.1. The molecule has 0 aromatic carbocycles. The number of rotatable bonds is 26. The van der Waals surface area contributed by atoms with Crippen LogP contribution in [0, 0.1) is 11.8 Å². The van der Waals surface area contributed by atoms with Crippen molar-refractivity contribution in [2.75, 3.05) is 13.2 Å². The van der Waals surface area contributed by atoms with Gasteiger partial charge in [0, 0.05) is 26.3 Å². The van der Waals surface area contributed by atoms with Crippen molar-refractivity contribution in [3.8, 4) is 0 Å². The van der Waals surface area contributed by atoms with Crippen LogP contribution in [0.5, 0.6) is 0 Å². The van der Waals surface area contributed by atoms with Crippen molar-refractivity contribution in [1.29, 1.82) is 0 Å². The largest absolute Gasteiger partial charge is 0.480 e. The third-order valence-electron chi connectivity index (χ3n) is 10.5. The van der Waals surface area contributed by atoms with E-state index in [0.717, 1.165) is 0 Å². The number of amides is 7. The van der Waals surface area contributed by atoms with Gasteiger partial charge in [0.15, 0.2) is 6.04 Å². The number of esters is 2. The van der Waals surface area contributed by atoms with Crippen molar-refractivity contribution < 1.29 is 72.1 Å². The van der Waals surface area contributed by atoms with Crippen LogP contribution >= 0.6 is 0 Å². The topological polar surface area (TPSA) is 311 Å². The van der Waals surface area contributed by atoms with Crippen molar-refractivity contribution >= 4 is 65.0 Å². The molecule has 7 N–H and O–H groups in total. The van der Waals surface area contributed by atoms with Crippen molar-refractivity contribution in [3.05, 3.63) is 0 Å². The lowest BCUT2D eigenvalue weighted by Crippen LogP contribution is -2.61. The molecule has 22 nitrogen and oxygen atoms in total. The fraction of sp³-hybridized carbons (Fsp3) is 0.771. The van der Waals surface area contributed by atoms with E-state index in [1.807, 2.05) is 0 Å². The second kappa shape index (κ2) is 27.7. The molecule has 1 aliphatic rings. The summed E-state index contributed by atoms with van der Waals surface area (Å²) in [6.07, 6.45) is -0.150. The maximum Gasteiger partial charge on any atom is 0.328 e. The fourth-order valence-corrected chi connectivity index (χ4v) is 7.11. The molecule has 22 heteroatoms. The number of carbonyl (C=O) groups is 11. The second-order valence-electron chi connectivity index (χ2n) is 21.2. The van der Waals surface area contributed by atoms with Gasteiger partial charge in [0.25, 0.3) is 5.91 Å². The summed E-state index contributed by atoms with van der Waals surface area (Å²) in [6.45, 7) is 24.2. The molecular formula is C48H81N7O15. The van der Waals surface area contributed by atoms with E-state index in [0.29, 0.717) is 12.8 Å². The molecule has 0 aliphatic carbocycles. The molecule has 398 valence electrons. The average Bonchev–Trinajstić information content (AvgIpc) is 3.71. The number of hydrogen-bond acceptors (Lipinski definition) is 14. The van der Waals surface area contributed by atoms with Gasteiger partial charge in [0.2, 0.25) is 41.2 Å². The molecule has 0 spiro atoms. The first-order valence-electron chi connectivity index (χ1n) is 24.0. The summed E-state index contributed by atoms with van der Waals surface area (Å²) in [7, 11) is 0. The fourth-order valence-electron chi connectivity index (χ4n) is 7.11. The Kier molecular flexibility index (Phi) is 24.6. The number of carboxylic acids is 1. The molecule has 7 atom stereocenters. The van der Waals surface area contributed by atoms with Gasteiger partial charge in [-0.15, -0.1) is 0 Å². The summed E-state index contributed by atoms with van der Waals surface area (Å²) >= 11 is 0. The minimum Gasteiger partial charge on any atom is -0.480 e. The quantitative estimate of drug-likeness (QED) is 0.0480. The van der Waals surface area contributed by atoms with Crippen LogP contribution in [0.1, 0.15) is 155 Å². The Morgan fingerprint density at radius 2 is 1.09 bits per heavy atom. The maximum absolute atomic E-state index is 14.3. The summed E-state index contributed by atoms with van der Waals surface area (Å²) < 4.78 is 16.2. The van der Waals surface area contributed by atoms with Crippen LogP contribution in [0.4, 0.5) is 0 Å². The standard InChI is InChI=1S/C48H81N7O15/c1-16-18-29(38(59)43(64)52-32(45(66)67)25-68-46(7,8)9)50-41(62)33-19-17-24-55(33)44(65)37(27(4)5)54-42(63)36(26(2)3)53-40(61)31(21-23-35(58)70-48(13,14)15)51-39(60)30(49-28(6)56)20-22-34(57)69-47(10,11)12/h26-27,29-33,36-37H,16-25H2,1-15H3,(H,49,56)(H,50,62)(H,51,60)(H,52,64)(H,53,61)(H,54,63)(H,66,67). The van der Waals surface area contributed by atoms with Gasteiger partial charge >= 0.3 is 17.9 Å². The normalized spacial score (nSPS) is 16.6. The Morgan fingerprint density at radius 3 is 1.53 bits per heavy atom. The van der Waals surface area contributed by atoms with Crippen LogP contribution < -0.4 is 31.9 Å². The molecule has 7 amide bonds. The van der Waals surface area contributed by atoms with Gasteiger partial charge in [-0.3, -0.25) is 47.9 Å². The minimum atomic E-state index is -1.55. The number of ketones is 1. The number of Topliss-reactive ketones (excluding diaryl/α,β-unsaturated/α-hetero) is 1. The summed E-state index contributed by atoms with van der Waals surface area (Å²) in [5, 5.41) is 24.8. The molecule has 0 aromatic rings. The van der Waals surface area contributed by atoms with Crippen molar-refractivity contribution in [1.82, 2.24) is 36.8 Å². The number of likely N-dealkylation sites (tertiary alicyclic amines) is 1. The molecule has 1 fully saturated rings. The number of ether oxygens (including phenoxy) is 3. The lowest BCUT2D eigenvalue weighted by atomic mass is 9.98. The second-order valence-corrected chi connectivity index (χ2v) is 21.2. The van der Waals surface area contributed by atoms with E-state index < -0.39 is 143 Å². The van der Waals surface area contributed by atoms with E-state index in [4.69, 9.17) is 14.2 Å². The summed E-state index contributed by atoms with van der Waals surface area (Å²) in [5.41, 5.74) is -2.42. The third-order valence-corrected chi connectivity index (χ3v) is 10.5. The van der Waals surface area contributed by atoms with Crippen LogP contribution in [-0.4, -0.2) is 147 Å². The summed E-state index contributed by atoms with van der Waals surface area (Å²) in [6, 6.07) is -9.31. The molecule has 1 heterocycles. The van der Waals surface area contributed by atoms with Crippen molar-refractivity contribution in [3.63, 3.8) is 0 Å². The molecule has 0 radical (unpaired) electrons. The molecule has 0 saturated carbocycles. The highest BCUT2D eigenvalue weighted by Crippen LogP contribution is 2.22. The first-order valence-corrected chi connectivity index (χ1v) is 24.0. The summed E-state index contributed by atoms with van der Waals surface area (Å²) in [4.78, 5) is 147. The van der Waals surface area contributed by atoms with E-state index >= 15 is 0 Å². The van der Waals surface area contributed by atoms with Gasteiger partial charge in [-0.05, 0) is 106 Å². The smallest absolute Gasteiger partial charge is 0.328 e. The predicted molar refractivity (Wildman–Crippen MR) is 255 cm³/mol. The van der Waals surface area contributed by atoms with Crippen molar-refractivity contribution in [2.45, 2.75) is 214 Å². The zero-order valence-corrected chi connectivity index (χ0v) is 43.9. The van der Waals surface area contributed by atoms with Gasteiger partial charge in [-0.2, -0.15) is 0 Å². The Bertz CT molecular complexity index is 1880. The van der Waals surface area contributed by atoms with Crippen LogP contribution in [0.25, 0.3) is 0 Å². The molecule has 70 heavy (non-hydrogen) atoms. The van der Waals surface area contributed by atoms with Gasteiger partial charge in [-0.1, -0.05) is 41.0 Å². The number of carbonyl (C=O) groups excluding carboxylic acids is 10. The average molecular weight is 996 g/mol. The first-order chi connectivity index (χ1) is 32.1. The van der Waals surface area contributed by atoms with Crippen LogP contribution in [0.15, 0.2) is 0 Å². The Labute approximate surface area is 412 Å². The first kappa shape index (κ1) is 62.3. The maximum atomic E-state index is 14.3. The van der Waals surface area contributed by atoms with Gasteiger partial charge in [-0.25, -0.2) is 4.79 Å². The molecule has 1 rings (SSSR count). The molecular weight excluding hydrogens is 915 g/mol. The van der Waals surface area contributed by atoms with E-state index in [2.05, 4.69) is 31.9 Å². The summed E-state index contributed by atoms with van der Waals surface area (Å²) in [5.74, 6) is -10.7. The van der Waals surface area contributed by atoms with E-state index in [-0.39, 0.29) is 45.1 Å². The number of carboxylic acid groups (broad SMARTS) is 1. The third kappa shape index (κ3) is 22.8. The zero-order valence-electron chi connectivity index (χ0n) is 43.9. The van der Waals surface area contributed by atoms with E-state index in [1.54, 1.807) is 96.9 Å². The highest BCUT2D eigenvalue weighted by atomic mass is 16.6. The van der Waals surface area contributed by atoms with Crippen LogP contribution in [0.2, 0.25) is 0 Å². The Balaban J connectivity index is 3.36.